The zero-order valence-electron chi connectivity index (χ0n) is 10.4. The third kappa shape index (κ3) is 3.01. The largest absolute Gasteiger partial charge is 0.394 e. The highest BCUT2D eigenvalue weighted by molar-refractivity contribution is 5.32. The number of aromatic nitrogens is 2. The molecule has 0 bridgehead atoms. The number of nitrogens with zero attached hydrogens (tertiary/aromatic N) is 2. The van der Waals surface area contributed by atoms with Crippen LogP contribution in [-0.2, 0) is 4.74 Å². The van der Waals surface area contributed by atoms with E-state index < -0.39 is 24.1 Å². The molecule has 0 spiro atoms. The van der Waals surface area contributed by atoms with Gasteiger partial charge in [-0.05, 0) is 6.07 Å². The van der Waals surface area contributed by atoms with Gasteiger partial charge in [0.1, 0.15) is 18.1 Å². The van der Waals surface area contributed by atoms with Gasteiger partial charge in [-0.1, -0.05) is 6.08 Å². The Morgan fingerprint density at radius 3 is 3.05 bits per heavy atom. The number of nitrogens with one attached hydrogen (secondary N) is 1. The summed E-state index contributed by atoms with van der Waals surface area (Å²) in [7, 11) is 0. The Balaban J connectivity index is 2.13. The first-order valence-electron chi connectivity index (χ1n) is 6.04. The molecule has 1 unspecified atom stereocenters. The standard InChI is InChI=1S/C12H17N3O4/c1-2-4-13-10-3-5-15(12(18)14-10)11-6-8(17)9(7-16)19-11/h2-3,5,8-9,11,16-17H,1,4,6-7H2,(H,13,14,18)/t8?,9-,11-/m1/s1. The number of anilines is 1. The van der Waals surface area contributed by atoms with Crippen molar-refractivity contribution in [1.29, 1.82) is 0 Å². The Bertz CT molecular complexity index is 502. The summed E-state index contributed by atoms with van der Waals surface area (Å²) in [5, 5.41) is 21.6. The molecule has 104 valence electrons. The summed E-state index contributed by atoms with van der Waals surface area (Å²) in [4.78, 5) is 15.7. The van der Waals surface area contributed by atoms with Crippen LogP contribution in [0.5, 0.6) is 0 Å². The van der Waals surface area contributed by atoms with E-state index in [9.17, 15) is 9.90 Å². The van der Waals surface area contributed by atoms with E-state index in [0.717, 1.165) is 0 Å². The summed E-state index contributed by atoms with van der Waals surface area (Å²) in [5.74, 6) is 0.457. The molecular weight excluding hydrogens is 250 g/mol. The predicted octanol–water partition coefficient (Wildman–Crippen LogP) is -0.518. The average Bonchev–Trinajstić information content (AvgIpc) is 2.77. The van der Waals surface area contributed by atoms with Crippen molar-refractivity contribution in [3.8, 4) is 0 Å². The first-order valence-corrected chi connectivity index (χ1v) is 6.04. The van der Waals surface area contributed by atoms with Gasteiger partial charge in [-0.2, -0.15) is 4.98 Å². The Morgan fingerprint density at radius 1 is 1.68 bits per heavy atom. The molecule has 3 N–H and O–H groups in total. The molecule has 1 aliphatic rings. The van der Waals surface area contributed by atoms with Crippen LogP contribution in [0.3, 0.4) is 0 Å². The molecule has 1 fully saturated rings. The molecule has 7 heteroatoms. The number of hydrogen-bond donors (Lipinski definition) is 3. The SMILES string of the molecule is C=CCNc1ccn([C@H]2CC(O)[C@@H](CO)O2)c(=O)n1. The maximum Gasteiger partial charge on any atom is 0.351 e. The second kappa shape index (κ2) is 5.96. The van der Waals surface area contributed by atoms with Gasteiger partial charge < -0.3 is 20.3 Å². The lowest BCUT2D eigenvalue weighted by atomic mass is 10.2. The summed E-state index contributed by atoms with van der Waals surface area (Å²) >= 11 is 0. The minimum Gasteiger partial charge on any atom is -0.394 e. The lowest BCUT2D eigenvalue weighted by molar-refractivity contribution is -0.0458. The van der Waals surface area contributed by atoms with Gasteiger partial charge in [0, 0.05) is 19.2 Å². The zero-order chi connectivity index (χ0) is 13.8. The molecule has 2 heterocycles. The normalized spacial score (nSPS) is 26.3. The van der Waals surface area contributed by atoms with Crippen LogP contribution < -0.4 is 11.0 Å². The van der Waals surface area contributed by atoms with E-state index in [4.69, 9.17) is 9.84 Å². The van der Waals surface area contributed by atoms with Crippen LogP contribution in [0.1, 0.15) is 12.6 Å². The maximum atomic E-state index is 11.9. The van der Waals surface area contributed by atoms with Crippen LogP contribution in [0.25, 0.3) is 0 Å². The summed E-state index contributed by atoms with van der Waals surface area (Å²) < 4.78 is 6.70. The van der Waals surface area contributed by atoms with Gasteiger partial charge in [0.2, 0.25) is 0 Å². The minimum absolute atomic E-state index is 0.256. The molecule has 0 radical (unpaired) electrons. The third-order valence-electron chi connectivity index (χ3n) is 2.95. The van der Waals surface area contributed by atoms with Crippen molar-refractivity contribution < 1.29 is 14.9 Å². The van der Waals surface area contributed by atoms with Gasteiger partial charge >= 0.3 is 5.69 Å². The van der Waals surface area contributed by atoms with Crippen molar-refractivity contribution in [3.05, 3.63) is 35.4 Å². The van der Waals surface area contributed by atoms with E-state index in [1.54, 1.807) is 18.3 Å². The molecule has 0 aliphatic carbocycles. The average molecular weight is 267 g/mol. The molecule has 19 heavy (non-hydrogen) atoms. The van der Waals surface area contributed by atoms with E-state index in [1.165, 1.54) is 4.57 Å². The highest BCUT2D eigenvalue weighted by Crippen LogP contribution is 2.27. The van der Waals surface area contributed by atoms with Crippen molar-refractivity contribution in [3.63, 3.8) is 0 Å². The summed E-state index contributed by atoms with van der Waals surface area (Å²) in [6.45, 7) is 3.80. The first-order chi connectivity index (χ1) is 9.15. The zero-order valence-corrected chi connectivity index (χ0v) is 10.4. The fourth-order valence-corrected chi connectivity index (χ4v) is 1.96. The van der Waals surface area contributed by atoms with Crippen molar-refractivity contribution in [2.45, 2.75) is 24.9 Å². The topological polar surface area (TPSA) is 96.6 Å². The molecule has 3 atom stereocenters. The van der Waals surface area contributed by atoms with Crippen molar-refractivity contribution in [2.24, 2.45) is 0 Å². The lowest BCUT2D eigenvalue weighted by Crippen LogP contribution is -2.28. The van der Waals surface area contributed by atoms with E-state index in [2.05, 4.69) is 16.9 Å². The number of aliphatic hydroxyl groups excluding tert-OH is 2. The number of rotatable bonds is 5. The van der Waals surface area contributed by atoms with Crippen molar-refractivity contribution in [1.82, 2.24) is 9.55 Å². The van der Waals surface area contributed by atoms with Crippen LogP contribution in [0, 0.1) is 0 Å². The molecule has 2 rings (SSSR count). The predicted molar refractivity (Wildman–Crippen MR) is 68.8 cm³/mol. The van der Waals surface area contributed by atoms with Crippen molar-refractivity contribution in [2.75, 3.05) is 18.5 Å². The molecule has 0 aromatic carbocycles. The van der Waals surface area contributed by atoms with Gasteiger partial charge in [0.25, 0.3) is 0 Å². The molecule has 1 aliphatic heterocycles. The molecule has 0 saturated carbocycles. The highest BCUT2D eigenvalue weighted by Gasteiger charge is 2.34. The van der Waals surface area contributed by atoms with Crippen LogP contribution in [0.15, 0.2) is 29.7 Å². The van der Waals surface area contributed by atoms with Gasteiger partial charge in [-0.25, -0.2) is 4.79 Å². The van der Waals surface area contributed by atoms with Crippen molar-refractivity contribution >= 4 is 5.82 Å². The fraction of sp³-hybridized carbons (Fsp3) is 0.500. The second-order valence-corrected chi connectivity index (χ2v) is 4.29. The Labute approximate surface area is 110 Å². The highest BCUT2D eigenvalue weighted by atomic mass is 16.5. The summed E-state index contributed by atoms with van der Waals surface area (Å²) in [6.07, 6.45) is 1.44. The molecule has 0 amide bonds. The Morgan fingerprint density at radius 2 is 2.47 bits per heavy atom. The third-order valence-corrected chi connectivity index (χ3v) is 2.95. The van der Waals surface area contributed by atoms with Gasteiger partial charge in [0.15, 0.2) is 0 Å². The fourth-order valence-electron chi connectivity index (χ4n) is 1.96. The molecule has 1 aromatic heterocycles. The minimum atomic E-state index is -0.777. The van der Waals surface area contributed by atoms with Gasteiger partial charge in [0.05, 0.1) is 12.7 Å². The van der Waals surface area contributed by atoms with Crippen LogP contribution in [-0.4, -0.2) is 45.1 Å². The number of hydrogen-bond acceptors (Lipinski definition) is 6. The van der Waals surface area contributed by atoms with Gasteiger partial charge in [-0.15, -0.1) is 6.58 Å². The van der Waals surface area contributed by atoms with E-state index >= 15 is 0 Å². The Hall–Kier alpha value is -1.70. The maximum absolute atomic E-state index is 11.9. The second-order valence-electron chi connectivity index (χ2n) is 4.29. The van der Waals surface area contributed by atoms with Gasteiger partial charge in [-0.3, -0.25) is 4.57 Å². The monoisotopic (exact) mass is 267 g/mol. The van der Waals surface area contributed by atoms with E-state index in [1.807, 2.05) is 0 Å². The quantitative estimate of drug-likeness (QED) is 0.621. The molecule has 1 aromatic rings. The van der Waals surface area contributed by atoms with E-state index in [0.29, 0.717) is 12.4 Å². The Kier molecular flexibility index (Phi) is 4.31. The summed E-state index contributed by atoms with van der Waals surface area (Å²) in [6, 6.07) is 1.65. The number of ether oxygens (including phenoxy) is 1. The van der Waals surface area contributed by atoms with Crippen LogP contribution in [0.2, 0.25) is 0 Å². The smallest absolute Gasteiger partial charge is 0.351 e. The molecule has 1 saturated heterocycles. The molecular formula is C12H17N3O4. The first kappa shape index (κ1) is 13.7. The van der Waals surface area contributed by atoms with Crippen LogP contribution >= 0.6 is 0 Å². The number of aliphatic hydroxyl groups is 2. The molecule has 7 nitrogen and oxygen atoms in total. The summed E-state index contributed by atoms with van der Waals surface area (Å²) in [5.41, 5.74) is -0.468. The lowest BCUT2D eigenvalue weighted by Gasteiger charge is -2.14. The van der Waals surface area contributed by atoms with Crippen LogP contribution in [0.4, 0.5) is 5.82 Å². The van der Waals surface area contributed by atoms with E-state index in [-0.39, 0.29) is 13.0 Å².